The zero-order chi connectivity index (χ0) is 37.5. The number of halogens is 1. The van der Waals surface area contributed by atoms with Crippen LogP contribution in [0.2, 0.25) is 0 Å². The third-order valence-corrected chi connectivity index (χ3v) is 12.9. The summed E-state index contributed by atoms with van der Waals surface area (Å²) in [6.45, 7) is 5.45. The van der Waals surface area contributed by atoms with Gasteiger partial charge in [-0.05, 0) is 95.0 Å². The van der Waals surface area contributed by atoms with Crippen LogP contribution < -0.4 is 19.9 Å². The van der Waals surface area contributed by atoms with Crippen molar-refractivity contribution in [2.45, 2.75) is 102 Å². The first-order valence-electron chi connectivity index (χ1n) is 19.7. The number of anilines is 2. The van der Waals surface area contributed by atoms with Gasteiger partial charge in [0.2, 0.25) is 11.8 Å². The topological polar surface area (TPSA) is 146 Å². The van der Waals surface area contributed by atoms with Gasteiger partial charge in [-0.15, -0.1) is 0 Å². The van der Waals surface area contributed by atoms with E-state index in [-0.39, 0.29) is 60.2 Å². The van der Waals surface area contributed by atoms with Crippen molar-refractivity contribution in [2.24, 2.45) is 5.41 Å². The summed E-state index contributed by atoms with van der Waals surface area (Å²) in [5.41, 5.74) is 3.76. The third kappa shape index (κ3) is 6.27. The van der Waals surface area contributed by atoms with Gasteiger partial charge in [0.15, 0.2) is 5.82 Å². The Hall–Kier alpha value is -5.11. The highest BCUT2D eigenvalue weighted by Crippen LogP contribution is 2.48. The third-order valence-electron chi connectivity index (χ3n) is 12.9. The minimum atomic E-state index is -0.760. The molecule has 3 saturated heterocycles. The van der Waals surface area contributed by atoms with Gasteiger partial charge < -0.3 is 24.2 Å². The van der Waals surface area contributed by atoms with Crippen LogP contribution in [0.1, 0.15) is 87.1 Å². The van der Waals surface area contributed by atoms with E-state index in [1.807, 2.05) is 18.2 Å². The van der Waals surface area contributed by atoms with Crippen LogP contribution in [0.4, 0.5) is 15.9 Å². The van der Waals surface area contributed by atoms with Crippen molar-refractivity contribution in [2.75, 3.05) is 36.0 Å². The number of amides is 3. The highest BCUT2D eigenvalue weighted by atomic mass is 19.1. The summed E-state index contributed by atoms with van der Waals surface area (Å²) in [6.07, 6.45) is 10.6. The Morgan fingerprint density at radius 1 is 0.891 bits per heavy atom. The number of ether oxygens (including phenoxy) is 2. The van der Waals surface area contributed by atoms with Crippen LogP contribution in [0, 0.1) is 11.2 Å². The first-order chi connectivity index (χ1) is 26.6. The van der Waals surface area contributed by atoms with Gasteiger partial charge in [-0.1, -0.05) is 0 Å². The number of imide groups is 1. The molecule has 286 valence electrons. The molecule has 2 aliphatic carbocycles. The Morgan fingerprint density at radius 3 is 2.44 bits per heavy atom. The summed E-state index contributed by atoms with van der Waals surface area (Å²) in [4.78, 5) is 52.2. The number of carbonyl (C=O) groups is 3. The number of hydrogen-bond donors (Lipinski definition) is 2. The highest BCUT2D eigenvalue weighted by Gasteiger charge is 2.48. The van der Waals surface area contributed by atoms with Crippen molar-refractivity contribution in [1.82, 2.24) is 30.4 Å². The Balaban J connectivity index is 0.712. The maximum atomic E-state index is 15.9. The molecule has 10 rings (SSSR count). The van der Waals surface area contributed by atoms with Gasteiger partial charge in [-0.3, -0.25) is 24.8 Å². The summed E-state index contributed by atoms with van der Waals surface area (Å²) in [5, 5.41) is 11.0. The normalized spacial score (nSPS) is 23.6. The van der Waals surface area contributed by atoms with E-state index in [0.717, 1.165) is 111 Å². The molecule has 2 N–H and O–H groups in total. The largest absolute Gasteiger partial charge is 0.488 e. The SMILES string of the molecule is CC1(Oc2ccc3[nH]nc(-c4cc(N5CCC(OC6CCC7(CC6)CN(c6ccc8c(c6F)CN(C6CCC(=O)NC6=O)C8=O)C7)CC5)ncn4)c3c2)CC1. The quantitative estimate of drug-likeness (QED) is 0.228. The lowest BCUT2D eigenvalue weighted by Crippen LogP contribution is -2.58. The number of aromatic amines is 1. The van der Waals surface area contributed by atoms with E-state index < -0.39 is 11.9 Å². The second kappa shape index (κ2) is 13.0. The van der Waals surface area contributed by atoms with Crippen LogP contribution in [0.25, 0.3) is 22.3 Å². The fraction of sp³-hybridized carbons (Fsp3) is 0.512. The Morgan fingerprint density at radius 2 is 1.67 bits per heavy atom. The van der Waals surface area contributed by atoms with Gasteiger partial charge in [0, 0.05) is 60.6 Å². The molecule has 13 nitrogen and oxygen atoms in total. The molecule has 2 aromatic heterocycles. The zero-order valence-electron chi connectivity index (χ0n) is 31.0. The molecule has 0 radical (unpaired) electrons. The number of hydrogen-bond acceptors (Lipinski definition) is 10. The number of carbonyl (C=O) groups excluding carboxylic acids is 3. The maximum absolute atomic E-state index is 15.9. The molecule has 0 bridgehead atoms. The molecule has 6 heterocycles. The molecular formula is C41H45FN8O5. The number of nitrogens with one attached hydrogen (secondary N) is 2. The molecule has 55 heavy (non-hydrogen) atoms. The van der Waals surface area contributed by atoms with Gasteiger partial charge in [0.05, 0.1) is 35.7 Å². The molecule has 2 aromatic carbocycles. The van der Waals surface area contributed by atoms with E-state index in [9.17, 15) is 14.4 Å². The maximum Gasteiger partial charge on any atom is 0.255 e. The Bertz CT molecular complexity index is 2200. The second-order valence-corrected chi connectivity index (χ2v) is 16.8. The van der Waals surface area contributed by atoms with Crippen molar-refractivity contribution in [1.29, 1.82) is 0 Å². The minimum Gasteiger partial charge on any atom is -0.488 e. The van der Waals surface area contributed by atoms with Crippen molar-refractivity contribution >= 4 is 40.1 Å². The summed E-state index contributed by atoms with van der Waals surface area (Å²) >= 11 is 0. The number of benzene rings is 2. The first-order valence-corrected chi connectivity index (χ1v) is 19.7. The predicted octanol–water partition coefficient (Wildman–Crippen LogP) is 5.29. The minimum absolute atomic E-state index is 0.0379. The molecule has 6 aliphatic rings. The van der Waals surface area contributed by atoms with Crippen LogP contribution in [0.5, 0.6) is 5.75 Å². The van der Waals surface area contributed by atoms with Crippen molar-refractivity contribution in [3.8, 4) is 17.1 Å². The number of aromatic nitrogens is 4. The lowest BCUT2D eigenvalue weighted by Gasteiger charge is -2.54. The lowest BCUT2D eigenvalue weighted by atomic mass is 9.67. The average Bonchev–Trinajstić information content (AvgIpc) is 3.59. The fourth-order valence-corrected chi connectivity index (χ4v) is 9.38. The van der Waals surface area contributed by atoms with E-state index >= 15 is 4.39 Å². The van der Waals surface area contributed by atoms with E-state index in [1.54, 1.807) is 18.5 Å². The van der Waals surface area contributed by atoms with Crippen LogP contribution in [-0.2, 0) is 20.9 Å². The first kappa shape index (κ1) is 34.4. The average molecular weight is 749 g/mol. The molecule has 3 amide bonds. The number of nitrogens with zero attached hydrogens (tertiary/aromatic N) is 6. The molecular weight excluding hydrogens is 704 g/mol. The molecule has 2 saturated carbocycles. The summed E-state index contributed by atoms with van der Waals surface area (Å²) < 4.78 is 28.8. The van der Waals surface area contributed by atoms with Crippen LogP contribution >= 0.6 is 0 Å². The number of H-pyrrole nitrogens is 1. The summed E-state index contributed by atoms with van der Waals surface area (Å²) in [6, 6.07) is 10.7. The van der Waals surface area contributed by atoms with Crippen LogP contribution in [0.3, 0.4) is 0 Å². The van der Waals surface area contributed by atoms with Crippen LogP contribution in [0.15, 0.2) is 42.7 Å². The van der Waals surface area contributed by atoms with Crippen molar-refractivity contribution in [3.05, 3.63) is 59.7 Å². The predicted molar refractivity (Wildman–Crippen MR) is 201 cm³/mol. The highest BCUT2D eigenvalue weighted by molar-refractivity contribution is 6.05. The van der Waals surface area contributed by atoms with Gasteiger partial charge in [-0.2, -0.15) is 5.10 Å². The Kier molecular flexibility index (Phi) is 8.12. The Labute approximate surface area is 317 Å². The van der Waals surface area contributed by atoms with Gasteiger partial charge in [0.25, 0.3) is 5.91 Å². The van der Waals surface area contributed by atoms with Crippen molar-refractivity contribution in [3.63, 3.8) is 0 Å². The molecule has 1 unspecified atom stereocenters. The fourth-order valence-electron chi connectivity index (χ4n) is 9.38. The van der Waals surface area contributed by atoms with E-state index in [1.165, 1.54) is 4.90 Å². The molecule has 4 aromatic rings. The van der Waals surface area contributed by atoms with Gasteiger partial charge >= 0.3 is 0 Å². The van der Waals surface area contributed by atoms with Gasteiger partial charge in [-0.25, -0.2) is 14.4 Å². The smallest absolute Gasteiger partial charge is 0.255 e. The summed E-state index contributed by atoms with van der Waals surface area (Å²) in [5.74, 6) is 0.169. The molecule has 1 atom stereocenters. The number of piperidine rings is 2. The standard InChI is InChI=1S/C41H45FN8O5/c1-40(14-15-40)55-26-2-4-30-28(18-26)37(47-46-30)31-19-34(44-23-43-31)48-16-10-25(11-17-48)54-24-8-12-41(13-9-24)21-49(22-41)32-5-3-27-29(36(32)42)20-50(39(27)53)33-6-7-35(51)45-38(33)52/h2-5,18-19,23-25,33H,6-17,20-22H2,1H3,(H,46,47)(H,45,51,52). The molecule has 4 aliphatic heterocycles. The van der Waals surface area contributed by atoms with Crippen molar-refractivity contribution < 1.29 is 28.2 Å². The second-order valence-electron chi connectivity index (χ2n) is 16.8. The van der Waals surface area contributed by atoms with Gasteiger partial charge in [0.1, 0.15) is 35.2 Å². The zero-order valence-corrected chi connectivity index (χ0v) is 31.0. The van der Waals surface area contributed by atoms with E-state index in [4.69, 9.17) is 9.47 Å². The molecule has 14 heteroatoms. The summed E-state index contributed by atoms with van der Waals surface area (Å²) in [7, 11) is 0. The molecule has 5 fully saturated rings. The van der Waals surface area contributed by atoms with Crippen LogP contribution in [-0.4, -0.2) is 92.8 Å². The van der Waals surface area contributed by atoms with E-state index in [0.29, 0.717) is 16.8 Å². The molecule has 1 spiro atoms. The monoisotopic (exact) mass is 748 g/mol. The lowest BCUT2D eigenvalue weighted by molar-refractivity contribution is -0.136. The van der Waals surface area contributed by atoms with E-state index in [2.05, 4.69) is 48.3 Å². The number of fused-ring (bicyclic) bond motifs is 2. The number of rotatable bonds is 8.